The highest BCUT2D eigenvalue weighted by molar-refractivity contribution is 7.46. The lowest BCUT2D eigenvalue weighted by Gasteiger charge is -1.98. The van der Waals surface area contributed by atoms with Crippen LogP contribution >= 0.6 is 7.80 Å². The third-order valence-electron chi connectivity index (χ3n) is 1.43. The molecule has 0 saturated carbocycles. The highest BCUT2D eigenvalue weighted by Gasteiger charge is 2.36. The van der Waals surface area contributed by atoms with E-state index in [1.165, 1.54) is 6.92 Å². The predicted octanol–water partition coefficient (Wildman–Crippen LogP) is -0.268. The van der Waals surface area contributed by atoms with Crippen LogP contribution in [-0.4, -0.2) is 45.2 Å². The standard InChI is InChI=1S/C6H9O6P/c1-3(5(8)9)13(12)2-4(7)6(10)11/h3-4,7H,2H2,1H3,(H-,8,9,10,11)/p+1. The Bertz CT molecular complexity index is 237. The second kappa shape index (κ2) is 4.89. The Morgan fingerprint density at radius 3 is 2.08 bits per heavy atom. The Hall–Kier alpha value is -1.00. The van der Waals surface area contributed by atoms with Crippen molar-refractivity contribution < 1.29 is 29.5 Å². The number of aliphatic hydroxyl groups excluding tert-OH is 1. The third kappa shape index (κ3) is 3.96. The van der Waals surface area contributed by atoms with Gasteiger partial charge in [0.15, 0.2) is 12.3 Å². The molecule has 74 valence electrons. The maximum atomic E-state index is 11.0. The number of hydrogen-bond donors (Lipinski definition) is 3. The van der Waals surface area contributed by atoms with E-state index >= 15 is 0 Å². The molecule has 13 heavy (non-hydrogen) atoms. The number of hydrogen-bond acceptors (Lipinski definition) is 4. The number of aliphatic hydroxyl groups is 1. The van der Waals surface area contributed by atoms with Gasteiger partial charge in [0.2, 0.25) is 5.66 Å². The van der Waals surface area contributed by atoms with E-state index < -0.39 is 37.7 Å². The van der Waals surface area contributed by atoms with Crippen molar-refractivity contribution in [3.63, 3.8) is 0 Å². The molecule has 3 N–H and O–H groups in total. The van der Waals surface area contributed by atoms with Gasteiger partial charge in [-0.1, -0.05) is 4.57 Å². The normalized spacial score (nSPS) is 16.0. The summed E-state index contributed by atoms with van der Waals surface area (Å²) in [5, 5.41) is 25.4. The monoisotopic (exact) mass is 209 g/mol. The van der Waals surface area contributed by atoms with Gasteiger partial charge in [0.25, 0.3) is 0 Å². The molecule has 7 heteroatoms. The van der Waals surface area contributed by atoms with Gasteiger partial charge in [0.05, 0.1) is 0 Å². The summed E-state index contributed by atoms with van der Waals surface area (Å²) >= 11 is 0. The molecular formula is C6H10O6P+. The fraction of sp³-hybridized carbons (Fsp3) is 0.667. The molecule has 0 aromatic heterocycles. The molecule has 3 unspecified atom stereocenters. The van der Waals surface area contributed by atoms with Gasteiger partial charge < -0.3 is 15.3 Å². The Morgan fingerprint density at radius 2 is 1.77 bits per heavy atom. The van der Waals surface area contributed by atoms with E-state index in [0.717, 1.165) is 0 Å². The van der Waals surface area contributed by atoms with E-state index in [0.29, 0.717) is 0 Å². The van der Waals surface area contributed by atoms with Gasteiger partial charge in [0, 0.05) is 0 Å². The summed E-state index contributed by atoms with van der Waals surface area (Å²) in [6.07, 6.45) is -2.29. The van der Waals surface area contributed by atoms with Crippen LogP contribution in [0.1, 0.15) is 6.92 Å². The SMILES string of the molecule is CC(C(=O)O)[P+](=O)CC(O)C(=O)O. The Morgan fingerprint density at radius 1 is 1.31 bits per heavy atom. The summed E-state index contributed by atoms with van der Waals surface area (Å²) in [6, 6.07) is 0. The zero-order chi connectivity index (χ0) is 10.6. The summed E-state index contributed by atoms with van der Waals surface area (Å²) in [7, 11) is -2.23. The van der Waals surface area contributed by atoms with E-state index in [1.807, 2.05) is 0 Å². The second-order valence-electron chi connectivity index (χ2n) is 2.47. The number of carbonyl (C=O) groups is 2. The number of aliphatic carboxylic acids is 2. The molecule has 0 radical (unpaired) electrons. The minimum atomic E-state index is -2.23. The molecule has 0 bridgehead atoms. The van der Waals surface area contributed by atoms with Gasteiger partial charge in [-0.15, -0.1) is 0 Å². The molecule has 3 atom stereocenters. The fourth-order valence-corrected chi connectivity index (χ4v) is 1.59. The number of carboxylic acids is 2. The van der Waals surface area contributed by atoms with Crippen molar-refractivity contribution in [1.29, 1.82) is 0 Å². The summed E-state index contributed by atoms with van der Waals surface area (Å²) in [5.41, 5.74) is -1.14. The first-order valence-corrected chi connectivity index (χ1v) is 4.95. The van der Waals surface area contributed by atoms with Crippen LogP contribution in [0.3, 0.4) is 0 Å². The van der Waals surface area contributed by atoms with Crippen molar-refractivity contribution in [1.82, 2.24) is 0 Å². The molecule has 0 aliphatic carbocycles. The lowest BCUT2D eigenvalue weighted by Crippen LogP contribution is -2.24. The average molecular weight is 209 g/mol. The summed E-state index contributed by atoms with van der Waals surface area (Å²) in [4.78, 5) is 20.4. The topological polar surface area (TPSA) is 112 Å². The van der Waals surface area contributed by atoms with Crippen molar-refractivity contribution in [2.45, 2.75) is 18.7 Å². The van der Waals surface area contributed by atoms with Crippen molar-refractivity contribution >= 4 is 19.7 Å². The highest BCUT2D eigenvalue weighted by Crippen LogP contribution is 2.28. The van der Waals surface area contributed by atoms with E-state index in [9.17, 15) is 14.2 Å². The molecule has 6 nitrogen and oxygen atoms in total. The molecule has 0 aliphatic rings. The highest BCUT2D eigenvalue weighted by atomic mass is 31.1. The smallest absolute Gasteiger partial charge is 0.356 e. The van der Waals surface area contributed by atoms with E-state index in [1.54, 1.807) is 0 Å². The van der Waals surface area contributed by atoms with Crippen LogP contribution in [0, 0.1) is 0 Å². The first kappa shape index (κ1) is 12.0. The largest absolute Gasteiger partial charge is 0.479 e. The molecule has 0 fully saturated rings. The predicted molar refractivity (Wildman–Crippen MR) is 43.2 cm³/mol. The zero-order valence-electron chi connectivity index (χ0n) is 6.88. The van der Waals surface area contributed by atoms with E-state index in [2.05, 4.69) is 0 Å². The second-order valence-corrected chi connectivity index (χ2v) is 4.44. The van der Waals surface area contributed by atoms with Crippen LogP contribution in [0.5, 0.6) is 0 Å². The van der Waals surface area contributed by atoms with Gasteiger partial charge in [0.1, 0.15) is 0 Å². The lowest BCUT2D eigenvalue weighted by molar-refractivity contribution is -0.145. The van der Waals surface area contributed by atoms with Crippen LogP contribution in [0.2, 0.25) is 0 Å². The van der Waals surface area contributed by atoms with Gasteiger partial charge in [-0.05, 0) is 6.92 Å². The van der Waals surface area contributed by atoms with Gasteiger partial charge >= 0.3 is 19.7 Å². The van der Waals surface area contributed by atoms with Crippen molar-refractivity contribution in [2.75, 3.05) is 6.16 Å². The molecule has 0 spiro atoms. The maximum absolute atomic E-state index is 11.0. The zero-order valence-corrected chi connectivity index (χ0v) is 7.77. The molecule has 0 aliphatic heterocycles. The lowest BCUT2D eigenvalue weighted by atomic mass is 10.4. The molecular weight excluding hydrogens is 199 g/mol. The Balaban J connectivity index is 4.15. The first-order chi connectivity index (χ1) is 5.86. The molecule has 0 heterocycles. The van der Waals surface area contributed by atoms with Crippen LogP contribution in [0.4, 0.5) is 0 Å². The van der Waals surface area contributed by atoms with Crippen LogP contribution in [0.15, 0.2) is 0 Å². The average Bonchev–Trinajstić information content (AvgIpc) is 2.02. The molecule has 0 aromatic rings. The van der Waals surface area contributed by atoms with Crippen molar-refractivity contribution in [2.24, 2.45) is 0 Å². The van der Waals surface area contributed by atoms with E-state index in [-0.39, 0.29) is 0 Å². The molecule has 0 aromatic carbocycles. The Labute approximate surface area is 75.0 Å². The quantitative estimate of drug-likeness (QED) is 0.537. The first-order valence-electron chi connectivity index (χ1n) is 3.43. The molecule has 0 amide bonds. The molecule has 0 rings (SSSR count). The Kier molecular flexibility index (Phi) is 4.51. The third-order valence-corrected chi connectivity index (χ3v) is 3.22. The maximum Gasteiger partial charge on any atom is 0.356 e. The van der Waals surface area contributed by atoms with Crippen molar-refractivity contribution in [3.8, 4) is 0 Å². The summed E-state index contributed by atoms with van der Waals surface area (Å²) < 4.78 is 11.0. The van der Waals surface area contributed by atoms with Crippen LogP contribution in [-0.2, 0) is 14.2 Å². The number of carboxylic acid groups (broad SMARTS) is 2. The van der Waals surface area contributed by atoms with Gasteiger partial charge in [-0.2, -0.15) is 0 Å². The summed E-state index contributed by atoms with van der Waals surface area (Å²) in [6.45, 7) is 1.20. The van der Waals surface area contributed by atoms with Crippen LogP contribution in [0.25, 0.3) is 0 Å². The minimum Gasteiger partial charge on any atom is -0.479 e. The molecule has 0 saturated heterocycles. The van der Waals surface area contributed by atoms with Gasteiger partial charge in [-0.25, -0.2) is 9.59 Å². The minimum absolute atomic E-state index is 0.530. The van der Waals surface area contributed by atoms with Crippen molar-refractivity contribution in [3.05, 3.63) is 0 Å². The van der Waals surface area contributed by atoms with Gasteiger partial charge in [-0.3, -0.25) is 0 Å². The van der Waals surface area contributed by atoms with Crippen LogP contribution < -0.4 is 0 Å². The summed E-state index contributed by atoms with van der Waals surface area (Å²) in [5.74, 6) is -2.76. The number of rotatable bonds is 5. The van der Waals surface area contributed by atoms with E-state index in [4.69, 9.17) is 15.3 Å². The fourth-order valence-electron chi connectivity index (χ4n) is 0.530.